The number of para-hydroxylation sites is 1. The first kappa shape index (κ1) is 39.0. The summed E-state index contributed by atoms with van der Waals surface area (Å²) in [5, 5.41) is 16.9. The van der Waals surface area contributed by atoms with Crippen molar-refractivity contribution < 1.29 is 50.8 Å². The number of phosphoric acid groups is 1. The fourth-order valence-electron chi connectivity index (χ4n) is 5.98. The summed E-state index contributed by atoms with van der Waals surface area (Å²) in [4.78, 5) is 46.4. The number of methoxy groups -OCH3 is 2. The number of benzene rings is 4. The Morgan fingerprint density at radius 3 is 2.21 bits per heavy atom. The molecule has 0 aliphatic heterocycles. The van der Waals surface area contributed by atoms with Gasteiger partial charge in [-0.15, -0.1) is 10.2 Å². The van der Waals surface area contributed by atoms with Crippen molar-refractivity contribution in [2.45, 2.75) is 32.8 Å². The van der Waals surface area contributed by atoms with Gasteiger partial charge < -0.3 is 29.4 Å². The molecule has 1 aliphatic rings. The Morgan fingerprint density at radius 2 is 1.60 bits per heavy atom. The lowest BCUT2D eigenvalue weighted by Gasteiger charge is -2.20. The lowest BCUT2D eigenvalue weighted by atomic mass is 10.1. The van der Waals surface area contributed by atoms with Gasteiger partial charge in [-0.05, 0) is 59.5 Å². The van der Waals surface area contributed by atoms with Gasteiger partial charge in [-0.1, -0.05) is 66.7 Å². The smallest absolute Gasteiger partial charge is 0.494 e. The van der Waals surface area contributed by atoms with Crippen LogP contribution >= 0.6 is 7.82 Å². The van der Waals surface area contributed by atoms with E-state index in [2.05, 4.69) is 25.7 Å². The van der Waals surface area contributed by atoms with Gasteiger partial charge in [-0.3, -0.25) is 23.2 Å². The number of pyridine rings is 1. The first-order valence-corrected chi connectivity index (χ1v) is 20.5. The molecule has 62 heavy (non-hydrogen) atoms. The van der Waals surface area contributed by atoms with Crippen LogP contribution in [0.15, 0.2) is 114 Å². The van der Waals surface area contributed by atoms with E-state index in [1.54, 1.807) is 73.8 Å². The second-order valence-corrected chi connectivity index (χ2v) is 15.3. The predicted molar refractivity (Wildman–Crippen MR) is 224 cm³/mol. The quantitative estimate of drug-likeness (QED) is 0.0712. The molecule has 7 rings (SSSR count). The number of hydrogen-bond donors (Lipinski definition) is 2. The van der Waals surface area contributed by atoms with E-state index in [0.29, 0.717) is 29.5 Å². The second-order valence-electron chi connectivity index (χ2n) is 13.7. The van der Waals surface area contributed by atoms with Crippen molar-refractivity contribution >= 4 is 37.1 Å². The number of amides is 2. The number of aromatic nitrogens is 5. The molecule has 1 fully saturated rings. The fraction of sp³-hybridized carbons (Fsp3) is 0.233. The zero-order chi connectivity index (χ0) is 46.1. The number of nitrogens with one attached hydrogen (secondary N) is 2. The Labute approximate surface area is 360 Å². The van der Waals surface area contributed by atoms with Gasteiger partial charge >= 0.3 is 13.8 Å². The number of rotatable bonds is 18. The maximum atomic E-state index is 14.1. The monoisotopic (exact) mass is 865 g/mol. The van der Waals surface area contributed by atoms with Crippen LogP contribution < -0.4 is 30.0 Å². The van der Waals surface area contributed by atoms with Gasteiger partial charge in [0.25, 0.3) is 5.91 Å². The number of esters is 1. The summed E-state index contributed by atoms with van der Waals surface area (Å²) >= 11 is 0. The molecule has 2 amide bonds. The Bertz CT molecular complexity index is 2760. The zero-order valence-electron chi connectivity index (χ0n) is 36.7. The van der Waals surface area contributed by atoms with E-state index in [9.17, 15) is 18.9 Å². The van der Waals surface area contributed by atoms with E-state index in [1.807, 2.05) is 17.4 Å². The normalized spacial score (nSPS) is 13.6. The van der Waals surface area contributed by atoms with Crippen molar-refractivity contribution in [1.29, 1.82) is 0 Å². The van der Waals surface area contributed by atoms with Gasteiger partial charge in [-0.2, -0.15) is 4.80 Å². The lowest BCUT2D eigenvalue weighted by Crippen LogP contribution is -2.29. The molecule has 0 bridgehead atoms. The van der Waals surface area contributed by atoms with Crippen molar-refractivity contribution in [3.63, 3.8) is 0 Å². The van der Waals surface area contributed by atoms with E-state index in [-0.39, 0.29) is 76.1 Å². The molecule has 0 saturated heterocycles. The van der Waals surface area contributed by atoms with Crippen LogP contribution in [0.25, 0.3) is 11.4 Å². The average Bonchev–Trinajstić information content (AvgIpc) is 4.07. The first-order valence-electron chi connectivity index (χ1n) is 20.6. The highest BCUT2D eigenvalue weighted by molar-refractivity contribution is 7.48. The van der Waals surface area contributed by atoms with Crippen LogP contribution in [-0.2, 0) is 50.1 Å². The molecule has 2 N–H and O–H groups in total. The van der Waals surface area contributed by atoms with Crippen LogP contribution in [0.2, 0.25) is 0 Å². The highest BCUT2D eigenvalue weighted by atomic mass is 31.2. The number of anilines is 1. The molecule has 0 unspecified atom stereocenters. The largest absolute Gasteiger partial charge is 0.530 e. The van der Waals surface area contributed by atoms with Gasteiger partial charge in [0.05, 0.1) is 56.5 Å². The molecule has 19 heteroatoms. The molecule has 4 aromatic carbocycles. The van der Waals surface area contributed by atoms with E-state index in [0.717, 1.165) is 0 Å². The van der Waals surface area contributed by atoms with Crippen LogP contribution in [0.1, 0.15) is 48.8 Å². The van der Waals surface area contributed by atoms with Gasteiger partial charge in [0.15, 0.2) is 24.0 Å². The maximum absolute atomic E-state index is 14.1. The van der Waals surface area contributed by atoms with E-state index in [1.165, 1.54) is 54.0 Å². The lowest BCUT2D eigenvalue weighted by molar-refractivity contribution is -0.117. The molecular weight excluding hydrogens is 819 g/mol. The van der Waals surface area contributed by atoms with Crippen LogP contribution in [0.4, 0.5) is 11.5 Å². The van der Waals surface area contributed by atoms with Crippen molar-refractivity contribution in [2.75, 3.05) is 26.5 Å². The molecule has 0 spiro atoms. The third-order valence-electron chi connectivity index (χ3n) is 9.30. The summed E-state index contributed by atoms with van der Waals surface area (Å²) in [5.74, 6) is -2.10. The van der Waals surface area contributed by atoms with Gasteiger partial charge in [0, 0.05) is 29.3 Å². The minimum atomic E-state index is -4.32. The molecule has 0 radical (unpaired) electrons. The van der Waals surface area contributed by atoms with E-state index >= 15 is 0 Å². The molecular formula is C43H43N8O10P. The molecule has 0 atom stereocenters. The van der Waals surface area contributed by atoms with Crippen molar-refractivity contribution in [3.05, 3.63) is 137 Å². The third-order valence-corrected chi connectivity index (χ3v) is 10.6. The number of carbonyl (C=O) groups is 3. The molecule has 2 heterocycles. The highest BCUT2D eigenvalue weighted by Crippen LogP contribution is 2.53. The van der Waals surface area contributed by atoms with Gasteiger partial charge in [0.2, 0.25) is 11.7 Å². The van der Waals surface area contributed by atoms with Crippen LogP contribution in [0.3, 0.4) is 0 Å². The number of phosphoric ester groups is 1. The van der Waals surface area contributed by atoms with E-state index < -0.39 is 33.4 Å². The summed E-state index contributed by atoms with van der Waals surface area (Å²) in [5.41, 5.74) is 1.77. The van der Waals surface area contributed by atoms with Crippen molar-refractivity contribution in [1.82, 2.24) is 30.1 Å². The maximum Gasteiger partial charge on any atom is 0.530 e. The minimum Gasteiger partial charge on any atom is -0.494 e. The average molecular weight is 866 g/mol. The summed E-state index contributed by atoms with van der Waals surface area (Å²) < 4.78 is 72.7. The number of aryl methyl sites for hydroxylation is 1. The number of hydrogen-bond acceptors (Lipinski definition) is 14. The summed E-state index contributed by atoms with van der Waals surface area (Å²) in [6, 6.07) is 28.3. The highest BCUT2D eigenvalue weighted by Gasteiger charge is 2.32. The Morgan fingerprint density at radius 1 is 0.887 bits per heavy atom. The number of nitrogens with zero attached hydrogens (tertiary/aromatic N) is 6. The molecule has 320 valence electrons. The van der Waals surface area contributed by atoms with Crippen molar-refractivity contribution in [3.8, 4) is 28.6 Å². The van der Waals surface area contributed by atoms with Crippen LogP contribution in [0, 0.1) is 5.92 Å². The van der Waals surface area contributed by atoms with E-state index in [4.69, 9.17) is 31.9 Å². The third kappa shape index (κ3) is 10.6. The number of carbonyl (C=O) groups excluding carboxylic acids is 3. The predicted octanol–water partition coefficient (Wildman–Crippen LogP) is 6.37. The number of ether oxygens (including phenoxy) is 3. The molecule has 1 aliphatic carbocycles. The molecule has 18 nitrogen and oxygen atoms in total. The minimum absolute atomic E-state index is 0.0134. The summed E-state index contributed by atoms with van der Waals surface area (Å²) in [6.07, 6.45) is 2.52. The molecule has 1 saturated carbocycles. The summed E-state index contributed by atoms with van der Waals surface area (Å²) in [7, 11) is -0.00320. The van der Waals surface area contributed by atoms with Gasteiger partial charge in [0.1, 0.15) is 11.5 Å². The van der Waals surface area contributed by atoms with Crippen molar-refractivity contribution in [2.24, 2.45) is 18.0 Å². The molecule has 2 aromatic heterocycles. The summed E-state index contributed by atoms with van der Waals surface area (Å²) in [6.45, 7) is -3.68. The topological polar surface area (TPSA) is 209 Å². The fourth-order valence-corrected chi connectivity index (χ4v) is 7.16. The Balaban J connectivity index is 1.18. The Hall–Kier alpha value is -7.14. The number of tetrazole rings is 1. The van der Waals surface area contributed by atoms with Gasteiger partial charge in [-0.25, -0.2) is 14.4 Å². The molecule has 6 aromatic rings. The standard InChI is InChI=1S/C43H43N8O10P/c1-44-42(53)33-24-51(38(46-41(52)30-18-19-30)23-35(33)45-34-17-11-16-32(39(34)57-4)40-47-49-50(2)48-40)27-58-43(54)31-20-21-36(37(22-31)56-3)61-62(55,59-25-28-12-7-5-8-13-28)60-26-29-14-9-6-10-15-29/h5-17,20-24,30H,18-19,25-27H2,1-4H3,(H,44,53)(H,46,52)/i1D3. The Kier molecular flexibility index (Phi) is 12.3. The SMILES string of the molecule is [2H]C([2H])([2H])NC(=O)c1cn(COC(=O)c2ccc(OP(=O)(OCc3ccccc3)OCc3ccccc3)c(OC)c2)c(NC(=O)C2CC2)cc1=Nc1cccc(-c2nnn(C)n2)c1OC. The second kappa shape index (κ2) is 19.5. The zero-order valence-corrected chi connectivity index (χ0v) is 34.6. The van der Waals surface area contributed by atoms with Crippen LogP contribution in [0.5, 0.6) is 17.2 Å². The van der Waals surface area contributed by atoms with Crippen LogP contribution in [-0.4, -0.2) is 63.8 Å². The first-order chi connectivity index (χ1) is 31.2.